The monoisotopic (exact) mass is 411 g/mol. The number of hydrogen-bond donors (Lipinski definition) is 1. The minimum Gasteiger partial charge on any atom is -0.444 e. The van der Waals surface area contributed by atoms with Crippen molar-refractivity contribution < 1.29 is 14.3 Å². The number of hydrogen-bond acceptors (Lipinski definition) is 5. The maximum atomic E-state index is 12.3. The van der Waals surface area contributed by atoms with Crippen LogP contribution in [0.1, 0.15) is 59.1 Å². The average molecular weight is 412 g/mol. The maximum absolute atomic E-state index is 12.3. The van der Waals surface area contributed by atoms with Crippen molar-refractivity contribution in [3.63, 3.8) is 0 Å². The summed E-state index contributed by atoms with van der Waals surface area (Å²) in [6.45, 7) is 10.7. The number of anilines is 1. The molecule has 4 heterocycles. The Morgan fingerprint density at radius 1 is 1.23 bits per heavy atom. The van der Waals surface area contributed by atoms with E-state index in [1.807, 2.05) is 57.6 Å². The van der Waals surface area contributed by atoms with Gasteiger partial charge in [-0.05, 0) is 59.6 Å². The number of carbonyl (C=O) groups is 2. The van der Waals surface area contributed by atoms with Gasteiger partial charge in [0, 0.05) is 36.6 Å². The number of carbonyl (C=O) groups excluding carboxylic acids is 2. The first-order chi connectivity index (χ1) is 14.1. The molecule has 0 aromatic carbocycles. The molecular weight excluding hydrogens is 382 g/mol. The third-order valence-corrected chi connectivity index (χ3v) is 5.75. The van der Waals surface area contributed by atoms with Crippen LogP contribution < -0.4 is 5.32 Å². The Hall–Kier alpha value is -2.90. The zero-order valence-electron chi connectivity index (χ0n) is 18.2. The molecule has 2 aromatic rings. The summed E-state index contributed by atoms with van der Waals surface area (Å²) >= 11 is 0. The van der Waals surface area contributed by atoms with Crippen LogP contribution in [0.25, 0.3) is 11.3 Å². The number of fused-ring (bicyclic) bond motifs is 1. The lowest BCUT2D eigenvalue weighted by Gasteiger charge is -2.33. The Kier molecular flexibility index (Phi) is 4.83. The van der Waals surface area contributed by atoms with Crippen molar-refractivity contribution in [3.8, 4) is 11.3 Å². The number of rotatable bonds is 2. The minimum atomic E-state index is -0.651. The van der Waals surface area contributed by atoms with Crippen LogP contribution in [-0.4, -0.2) is 50.4 Å². The molecule has 0 radical (unpaired) electrons. The van der Waals surface area contributed by atoms with E-state index in [1.165, 1.54) is 0 Å². The summed E-state index contributed by atoms with van der Waals surface area (Å²) in [7, 11) is 0. The van der Waals surface area contributed by atoms with Gasteiger partial charge in [0.25, 0.3) is 0 Å². The first kappa shape index (κ1) is 20.4. The summed E-state index contributed by atoms with van der Waals surface area (Å²) in [6.07, 6.45) is 5.07. The molecule has 0 spiro atoms. The fraction of sp³-hybridized carbons (Fsp3) is 0.545. The van der Waals surface area contributed by atoms with Crippen LogP contribution in [0.15, 0.2) is 24.5 Å². The predicted molar refractivity (Wildman–Crippen MR) is 113 cm³/mol. The van der Waals surface area contributed by atoms with E-state index in [2.05, 4.69) is 10.3 Å². The summed E-state index contributed by atoms with van der Waals surface area (Å²) in [6, 6.07) is 4.12. The van der Waals surface area contributed by atoms with Crippen LogP contribution in [-0.2, 0) is 14.9 Å². The Labute approximate surface area is 176 Å². The quantitative estimate of drug-likeness (QED) is 0.813. The number of pyridine rings is 1. The van der Waals surface area contributed by atoms with Crippen LogP contribution in [0, 0.1) is 0 Å². The topological polar surface area (TPSA) is 89.4 Å². The van der Waals surface area contributed by atoms with Gasteiger partial charge in [0.15, 0.2) is 0 Å². The molecule has 2 amide bonds. The average Bonchev–Trinajstić information content (AvgIpc) is 3.24. The number of ether oxygens (including phenoxy) is 1. The normalized spacial score (nSPS) is 18.8. The van der Waals surface area contributed by atoms with Crippen molar-refractivity contribution in [2.45, 2.75) is 64.5 Å². The van der Waals surface area contributed by atoms with E-state index >= 15 is 0 Å². The molecule has 160 valence electrons. The number of aromatic nitrogens is 3. The molecule has 2 aliphatic heterocycles. The number of amides is 2. The van der Waals surface area contributed by atoms with Crippen LogP contribution in [0.5, 0.6) is 0 Å². The van der Waals surface area contributed by atoms with Gasteiger partial charge in [-0.3, -0.25) is 9.48 Å². The van der Waals surface area contributed by atoms with Gasteiger partial charge < -0.3 is 15.0 Å². The van der Waals surface area contributed by atoms with Crippen molar-refractivity contribution in [1.29, 1.82) is 0 Å². The largest absolute Gasteiger partial charge is 0.444 e. The van der Waals surface area contributed by atoms with Gasteiger partial charge in [0.05, 0.1) is 17.2 Å². The molecule has 2 aliphatic rings. The van der Waals surface area contributed by atoms with E-state index in [9.17, 15) is 9.59 Å². The molecule has 1 saturated heterocycles. The first-order valence-electron chi connectivity index (χ1n) is 10.4. The molecule has 1 N–H and O–H groups in total. The smallest absolute Gasteiger partial charge is 0.410 e. The highest BCUT2D eigenvalue weighted by Gasteiger charge is 2.41. The highest BCUT2D eigenvalue weighted by molar-refractivity contribution is 6.06. The number of nitrogens with zero attached hydrogens (tertiary/aromatic N) is 4. The van der Waals surface area contributed by atoms with Crippen molar-refractivity contribution in [1.82, 2.24) is 19.7 Å². The van der Waals surface area contributed by atoms with E-state index in [0.717, 1.165) is 29.7 Å². The molecule has 0 atom stereocenters. The zero-order valence-corrected chi connectivity index (χ0v) is 18.2. The third-order valence-electron chi connectivity index (χ3n) is 5.75. The second-order valence-electron chi connectivity index (χ2n) is 9.54. The SMILES string of the molecule is CC(C)(C)OC(=O)N1CCC(n2ccc(-c3ccnc4c3C(C)(C)C(=O)N4)n2)CC1. The highest BCUT2D eigenvalue weighted by atomic mass is 16.6. The summed E-state index contributed by atoms with van der Waals surface area (Å²) in [5.74, 6) is 0.564. The second kappa shape index (κ2) is 7.11. The summed E-state index contributed by atoms with van der Waals surface area (Å²) < 4.78 is 7.45. The van der Waals surface area contributed by atoms with E-state index in [0.29, 0.717) is 18.9 Å². The lowest BCUT2D eigenvalue weighted by Crippen LogP contribution is -2.42. The third kappa shape index (κ3) is 3.66. The fourth-order valence-corrected chi connectivity index (χ4v) is 4.10. The molecule has 0 bridgehead atoms. The molecule has 0 unspecified atom stereocenters. The standard InChI is InChI=1S/C22H29N5O3/c1-21(2,3)30-20(29)26-11-7-14(8-12-26)27-13-9-16(25-27)15-6-10-23-18-17(15)22(4,5)19(28)24-18/h6,9-10,13-14H,7-8,11-12H2,1-5H3,(H,23,24,28). The zero-order chi connectivity index (χ0) is 21.7. The van der Waals surface area contributed by atoms with Crippen LogP contribution in [0.2, 0.25) is 0 Å². The van der Waals surface area contributed by atoms with Gasteiger partial charge in [-0.1, -0.05) is 0 Å². The number of nitrogens with one attached hydrogen (secondary N) is 1. The Morgan fingerprint density at radius 3 is 2.60 bits per heavy atom. The van der Waals surface area contributed by atoms with Crippen LogP contribution >= 0.6 is 0 Å². The van der Waals surface area contributed by atoms with E-state index in [1.54, 1.807) is 11.1 Å². The minimum absolute atomic E-state index is 0.0496. The molecular formula is C22H29N5O3. The van der Waals surface area contributed by atoms with Gasteiger partial charge in [0.2, 0.25) is 5.91 Å². The number of piperidine rings is 1. The van der Waals surface area contributed by atoms with Crippen LogP contribution in [0.4, 0.5) is 10.6 Å². The molecule has 1 fully saturated rings. The Bertz CT molecular complexity index is 981. The Balaban J connectivity index is 1.49. The lowest BCUT2D eigenvalue weighted by atomic mass is 9.83. The molecule has 0 saturated carbocycles. The van der Waals surface area contributed by atoms with E-state index in [-0.39, 0.29) is 18.0 Å². The summed E-state index contributed by atoms with van der Waals surface area (Å²) in [5, 5.41) is 7.68. The fourth-order valence-electron chi connectivity index (χ4n) is 4.10. The van der Waals surface area contributed by atoms with Crippen molar-refractivity contribution in [2.24, 2.45) is 0 Å². The van der Waals surface area contributed by atoms with Gasteiger partial charge in [0.1, 0.15) is 11.4 Å². The highest BCUT2D eigenvalue weighted by Crippen LogP contribution is 2.42. The van der Waals surface area contributed by atoms with Gasteiger partial charge in [-0.25, -0.2) is 9.78 Å². The molecule has 30 heavy (non-hydrogen) atoms. The van der Waals surface area contributed by atoms with E-state index < -0.39 is 11.0 Å². The van der Waals surface area contributed by atoms with Crippen molar-refractivity contribution in [3.05, 3.63) is 30.1 Å². The van der Waals surface area contributed by atoms with Gasteiger partial charge in [-0.2, -0.15) is 5.10 Å². The van der Waals surface area contributed by atoms with Crippen molar-refractivity contribution >= 4 is 17.8 Å². The van der Waals surface area contributed by atoms with E-state index in [4.69, 9.17) is 9.84 Å². The lowest BCUT2D eigenvalue weighted by molar-refractivity contribution is -0.119. The van der Waals surface area contributed by atoms with Gasteiger partial charge in [-0.15, -0.1) is 0 Å². The summed E-state index contributed by atoms with van der Waals surface area (Å²) in [5.41, 5.74) is 1.50. The predicted octanol–water partition coefficient (Wildman–Crippen LogP) is 3.75. The molecule has 8 nitrogen and oxygen atoms in total. The Morgan fingerprint density at radius 2 is 1.93 bits per heavy atom. The van der Waals surface area contributed by atoms with Crippen LogP contribution in [0.3, 0.4) is 0 Å². The molecule has 8 heteroatoms. The first-order valence-corrected chi connectivity index (χ1v) is 10.4. The molecule has 2 aromatic heterocycles. The molecule has 4 rings (SSSR count). The maximum Gasteiger partial charge on any atom is 0.410 e. The summed E-state index contributed by atoms with van der Waals surface area (Å²) in [4.78, 5) is 30.7. The van der Waals surface area contributed by atoms with Crippen molar-refractivity contribution in [2.75, 3.05) is 18.4 Å². The second-order valence-corrected chi connectivity index (χ2v) is 9.54. The number of likely N-dealkylation sites (tertiary alicyclic amines) is 1. The van der Waals surface area contributed by atoms with Gasteiger partial charge >= 0.3 is 6.09 Å². The molecule has 0 aliphatic carbocycles.